The number of aliphatic hydroxyl groups excluding tert-OH is 2. The van der Waals surface area contributed by atoms with Crippen LogP contribution < -0.4 is 10.6 Å². The Hall–Kier alpha value is -5.27. The number of allylic oxidation sites excluding steroid dienone is 7. The molecule has 2 rings (SSSR count). The van der Waals surface area contributed by atoms with E-state index in [1.165, 1.54) is 7.11 Å². The van der Waals surface area contributed by atoms with Gasteiger partial charge in [-0.1, -0.05) is 89.5 Å². The van der Waals surface area contributed by atoms with Crippen LogP contribution in [0.1, 0.15) is 131 Å². The Morgan fingerprint density at radius 3 is 1.46 bits per heavy atom. The molecule has 0 bridgehead atoms. The quantitative estimate of drug-likeness (QED) is 0.00871. The number of nitrogens with one attached hydrogen (secondary N) is 2. The van der Waals surface area contributed by atoms with Gasteiger partial charge in [-0.05, 0) is 106 Å². The highest BCUT2D eigenvalue weighted by Gasteiger charge is 2.35. The maximum absolute atomic E-state index is 12.8. The van der Waals surface area contributed by atoms with E-state index < -0.39 is 53.6 Å². The molecule has 0 radical (unpaired) electrons. The summed E-state index contributed by atoms with van der Waals surface area (Å²) in [5, 5.41) is 26.2. The topological polar surface area (TPSA) is 247 Å². The number of carbonyl (C=O) groups is 8. The fourth-order valence-electron chi connectivity index (χ4n) is 8.97. The van der Waals surface area contributed by atoms with Crippen LogP contribution in [-0.4, -0.2) is 121 Å². The molecule has 0 spiro atoms. The second kappa shape index (κ2) is 41.7. The number of halogens is 1. The first-order valence-electron chi connectivity index (χ1n) is 26.7. The van der Waals surface area contributed by atoms with E-state index in [4.69, 9.17) is 35.3 Å². The van der Waals surface area contributed by atoms with Gasteiger partial charge in [0.25, 0.3) is 0 Å². The van der Waals surface area contributed by atoms with Crippen LogP contribution in [0.25, 0.3) is 0 Å². The van der Waals surface area contributed by atoms with Crippen LogP contribution >= 0.6 is 11.6 Å². The Labute approximate surface area is 469 Å². The summed E-state index contributed by atoms with van der Waals surface area (Å²) in [5.74, 6) is -3.28. The number of carbonyl (C=O) groups excluding carboxylic acids is 8. The molecular weight excluding hydrogens is 1020 g/mol. The van der Waals surface area contributed by atoms with Crippen molar-refractivity contribution in [3.63, 3.8) is 0 Å². The maximum Gasteiger partial charge on any atom is 0.330 e. The fraction of sp³-hybridized carbons (Fsp3) is 0.600. The van der Waals surface area contributed by atoms with Gasteiger partial charge >= 0.3 is 5.97 Å². The standard InChI is InChI=1S/C29H43NO7.C28H45NO7.C3H3ClO/c1-7-9-10-11-15-24(36-6)28(35)21(5)29(37-27(34)8-2)20(4)16-19(3)23(31)14-12-13-22-17-25(32)30-26(33)18-22;1-7-8-9-10-14-24(35-6)28(36-18-34-5)21(4)27(33)20(3)15-19(2)23(30)13-11-12-22-16-25(31)29-26(32)17-22;1-2-3(4)5/h7-8,11,15-16,19,21-22,24,28-29,35H,1-2,9-10,12-14,17-18H2,3-6H3,(H,30,32,33);7,10,14-15,19,21-22,24,27-28,33H,1,8-9,11-13,16-18H2,2-6H3,(H,29,31,32);2H,1H2/b15-11+,20-16+;14-10+,20-15+;/t19-,21-,24-,28-,29-;19-,21+,24-,27-,28-;/m00./s1. The number of rotatable bonds is 36. The summed E-state index contributed by atoms with van der Waals surface area (Å²) in [6.07, 6.45) is 20.6. The van der Waals surface area contributed by atoms with E-state index in [1.807, 2.05) is 51.2 Å². The Morgan fingerprint density at radius 2 is 1.08 bits per heavy atom. The average Bonchev–Trinajstić information content (AvgIpc) is 3.39. The molecule has 2 saturated heterocycles. The number of unbranched alkanes of at least 4 members (excludes halogenated alkanes) is 2. The highest BCUT2D eigenvalue weighted by molar-refractivity contribution is 6.66. The SMILES string of the molecule is C=CC(=O)Cl.C=CCC/C=C/[C@H](OC)[C@@H](O)[C@H](C)[C@@H](OC(=O)C=C)/C(C)=C/[C@H](C)C(=O)CCCC1CC(=O)NC(=O)C1.C=CCC/C=C/[C@H](OC)[C@@H](OCOC)[C@H](C)[C@@H](O)/C(C)=C/[C@H](C)C(=O)CCCC1CC(=O)NC(=O)C1. The summed E-state index contributed by atoms with van der Waals surface area (Å²) >= 11 is 4.71. The van der Waals surface area contributed by atoms with Gasteiger partial charge in [0.15, 0.2) is 0 Å². The number of ether oxygens (including phenoxy) is 5. The first-order valence-corrected chi connectivity index (χ1v) is 27.1. The van der Waals surface area contributed by atoms with E-state index >= 15 is 0 Å². The van der Waals surface area contributed by atoms with Crippen LogP contribution in [0.5, 0.6) is 0 Å². The molecule has 17 nitrogen and oxygen atoms in total. The van der Waals surface area contributed by atoms with Crippen molar-refractivity contribution in [3.8, 4) is 0 Å². The minimum absolute atomic E-state index is 0.00195. The molecule has 2 fully saturated rings. The molecule has 2 heterocycles. The number of piperidine rings is 2. The molecule has 78 heavy (non-hydrogen) atoms. The van der Waals surface area contributed by atoms with Gasteiger partial charge in [-0.3, -0.25) is 44.2 Å². The summed E-state index contributed by atoms with van der Waals surface area (Å²) in [6, 6.07) is 0. The van der Waals surface area contributed by atoms with Crippen LogP contribution in [0.2, 0.25) is 0 Å². The highest BCUT2D eigenvalue weighted by atomic mass is 35.5. The van der Waals surface area contributed by atoms with Crippen LogP contribution in [0, 0.1) is 35.5 Å². The van der Waals surface area contributed by atoms with Gasteiger partial charge in [-0.15, -0.1) is 13.2 Å². The van der Waals surface area contributed by atoms with Crippen LogP contribution in [-0.2, 0) is 62.0 Å². The Morgan fingerprint density at radius 1 is 0.654 bits per heavy atom. The van der Waals surface area contributed by atoms with Gasteiger partial charge in [0.1, 0.15) is 36.7 Å². The van der Waals surface area contributed by atoms with Crippen LogP contribution in [0.4, 0.5) is 0 Å². The Bertz CT molecular complexity index is 2050. The Balaban J connectivity index is 0.00000140. The lowest BCUT2D eigenvalue weighted by atomic mass is 9.87. The van der Waals surface area contributed by atoms with E-state index in [0.717, 1.165) is 37.8 Å². The molecule has 0 aromatic carbocycles. The number of amides is 4. The molecule has 2 aliphatic rings. The van der Waals surface area contributed by atoms with E-state index in [0.29, 0.717) is 75.4 Å². The van der Waals surface area contributed by atoms with Crippen LogP contribution in [0.15, 0.2) is 98.2 Å². The van der Waals surface area contributed by atoms with Gasteiger partial charge in [0.2, 0.25) is 28.9 Å². The number of Topliss-reactive ketones (excluding diaryl/α,β-unsaturated/α-hetero) is 2. The Kier molecular flexibility index (Phi) is 38.9. The maximum atomic E-state index is 12.8. The lowest BCUT2D eigenvalue weighted by molar-refractivity contribution is -0.147. The van der Waals surface area contributed by atoms with Crippen molar-refractivity contribution in [2.45, 2.75) is 168 Å². The second-order valence-electron chi connectivity index (χ2n) is 19.9. The predicted molar refractivity (Wildman–Crippen MR) is 302 cm³/mol. The molecule has 0 aliphatic carbocycles. The van der Waals surface area contributed by atoms with Crippen molar-refractivity contribution < 1.29 is 72.3 Å². The van der Waals surface area contributed by atoms with Gasteiger partial charge in [0, 0.05) is 89.6 Å². The molecule has 0 saturated carbocycles. The highest BCUT2D eigenvalue weighted by Crippen LogP contribution is 2.28. The number of esters is 1. The summed E-state index contributed by atoms with van der Waals surface area (Å²) in [6.45, 7) is 24.8. The fourth-order valence-corrected chi connectivity index (χ4v) is 8.97. The predicted octanol–water partition coefficient (Wildman–Crippen LogP) is 8.82. The number of hydrogen-bond donors (Lipinski definition) is 4. The van der Waals surface area contributed by atoms with Gasteiger partial charge in [-0.25, -0.2) is 4.79 Å². The number of imide groups is 2. The summed E-state index contributed by atoms with van der Waals surface area (Å²) in [4.78, 5) is 93.1. The van der Waals surface area contributed by atoms with Crippen molar-refractivity contribution >= 4 is 58.0 Å². The van der Waals surface area contributed by atoms with Gasteiger partial charge in [0.05, 0.1) is 18.3 Å². The van der Waals surface area contributed by atoms with Crippen molar-refractivity contribution in [2.75, 3.05) is 28.1 Å². The third-order valence-corrected chi connectivity index (χ3v) is 13.5. The van der Waals surface area contributed by atoms with Crippen molar-refractivity contribution in [1.29, 1.82) is 0 Å². The van der Waals surface area contributed by atoms with E-state index in [-0.39, 0.29) is 71.8 Å². The summed E-state index contributed by atoms with van der Waals surface area (Å²) < 4.78 is 27.7. The normalized spacial score (nSPS) is 18.5. The average molecular weight is 1120 g/mol. The first kappa shape index (κ1) is 72.7. The smallest absolute Gasteiger partial charge is 0.330 e. The van der Waals surface area contributed by atoms with E-state index in [2.05, 4.69) is 36.9 Å². The molecule has 4 amide bonds. The van der Waals surface area contributed by atoms with Crippen molar-refractivity contribution in [3.05, 3.63) is 98.2 Å². The van der Waals surface area contributed by atoms with E-state index in [9.17, 15) is 48.6 Å². The van der Waals surface area contributed by atoms with Crippen LogP contribution in [0.3, 0.4) is 0 Å². The number of aliphatic hydroxyl groups is 2. The zero-order valence-corrected chi connectivity index (χ0v) is 48.5. The van der Waals surface area contributed by atoms with Crippen molar-refractivity contribution in [2.24, 2.45) is 35.5 Å². The minimum Gasteiger partial charge on any atom is -0.454 e. The number of methoxy groups -OCH3 is 3. The minimum atomic E-state index is -0.975. The monoisotopic (exact) mass is 1110 g/mol. The first-order chi connectivity index (χ1) is 36.9. The lowest BCUT2D eigenvalue weighted by Crippen LogP contribution is -2.41. The lowest BCUT2D eigenvalue weighted by Gasteiger charge is -2.32. The number of hydrogen-bond acceptors (Lipinski definition) is 15. The summed E-state index contributed by atoms with van der Waals surface area (Å²) in [7, 11) is 4.64. The molecular formula is C60H91ClN2O15. The molecule has 18 heteroatoms. The zero-order valence-electron chi connectivity index (χ0n) is 47.7. The van der Waals surface area contributed by atoms with Gasteiger partial charge < -0.3 is 33.9 Å². The molecule has 0 aromatic rings. The largest absolute Gasteiger partial charge is 0.454 e. The molecule has 10 atom stereocenters. The van der Waals surface area contributed by atoms with Gasteiger partial charge in [-0.2, -0.15) is 0 Å². The second-order valence-corrected chi connectivity index (χ2v) is 20.2. The summed E-state index contributed by atoms with van der Waals surface area (Å²) in [5.41, 5.74) is 1.33. The van der Waals surface area contributed by atoms with Crippen molar-refractivity contribution in [1.82, 2.24) is 10.6 Å². The number of ketones is 2. The molecule has 438 valence electrons. The molecule has 0 unspecified atom stereocenters. The third-order valence-electron chi connectivity index (χ3n) is 13.4. The molecule has 2 aliphatic heterocycles. The molecule has 0 aromatic heterocycles. The molecule has 4 N–H and O–H groups in total. The van der Waals surface area contributed by atoms with E-state index in [1.54, 1.807) is 53.2 Å². The zero-order chi connectivity index (χ0) is 59.3. The third kappa shape index (κ3) is 30.2.